The summed E-state index contributed by atoms with van der Waals surface area (Å²) < 4.78 is 53.6. The standard InChI is InChI=1S/C20H14Cl2F2N2O3S/c21-17-2-1-3-18(20(17)22)25-19(27)12-26(15-8-4-13(23)5-9-15)30(28,29)16-10-6-14(24)7-11-16/h1-11H,12H2,(H,25,27). The van der Waals surface area contributed by atoms with Crippen LogP contribution in [0.4, 0.5) is 20.2 Å². The number of carbonyl (C=O) groups excluding carboxylic acids is 1. The Labute approximate surface area is 181 Å². The fourth-order valence-electron chi connectivity index (χ4n) is 2.58. The van der Waals surface area contributed by atoms with Crippen molar-refractivity contribution in [2.75, 3.05) is 16.2 Å². The van der Waals surface area contributed by atoms with Crippen LogP contribution in [-0.2, 0) is 14.8 Å². The molecular formula is C20H14Cl2F2N2O3S. The van der Waals surface area contributed by atoms with Crippen LogP contribution in [0, 0.1) is 11.6 Å². The van der Waals surface area contributed by atoms with Crippen LogP contribution in [0.15, 0.2) is 71.6 Å². The molecule has 10 heteroatoms. The molecule has 0 fully saturated rings. The zero-order chi connectivity index (χ0) is 21.9. The summed E-state index contributed by atoms with van der Waals surface area (Å²) in [7, 11) is -4.27. The fraction of sp³-hybridized carbons (Fsp3) is 0.0500. The van der Waals surface area contributed by atoms with Gasteiger partial charge in [-0.3, -0.25) is 9.10 Å². The highest BCUT2D eigenvalue weighted by atomic mass is 35.5. The summed E-state index contributed by atoms with van der Waals surface area (Å²) in [6.45, 7) is -0.645. The van der Waals surface area contributed by atoms with Gasteiger partial charge in [0, 0.05) is 0 Å². The molecule has 0 aliphatic rings. The van der Waals surface area contributed by atoms with Gasteiger partial charge in [0.15, 0.2) is 0 Å². The summed E-state index contributed by atoms with van der Waals surface area (Å²) in [5.41, 5.74) is 0.250. The van der Waals surface area contributed by atoms with Gasteiger partial charge in [-0.1, -0.05) is 29.3 Å². The summed E-state index contributed by atoms with van der Waals surface area (Å²) in [5, 5.41) is 2.81. The Morgan fingerprint density at radius 2 is 1.47 bits per heavy atom. The molecule has 3 aromatic rings. The van der Waals surface area contributed by atoms with Crippen molar-refractivity contribution < 1.29 is 22.0 Å². The normalized spacial score (nSPS) is 11.2. The number of carbonyl (C=O) groups is 1. The first-order valence-electron chi connectivity index (χ1n) is 8.46. The molecule has 3 aromatic carbocycles. The molecule has 156 valence electrons. The number of hydrogen-bond acceptors (Lipinski definition) is 3. The lowest BCUT2D eigenvalue weighted by molar-refractivity contribution is -0.114. The Bertz CT molecular complexity index is 1170. The van der Waals surface area contributed by atoms with Crippen LogP contribution in [0.25, 0.3) is 0 Å². The Hall–Kier alpha value is -2.68. The van der Waals surface area contributed by atoms with E-state index in [0.717, 1.165) is 40.7 Å². The number of rotatable bonds is 6. The summed E-state index contributed by atoms with van der Waals surface area (Å²) in [6, 6.07) is 13.3. The lowest BCUT2D eigenvalue weighted by Crippen LogP contribution is -2.38. The minimum Gasteiger partial charge on any atom is -0.323 e. The molecule has 0 aromatic heterocycles. The first-order valence-corrected chi connectivity index (χ1v) is 10.7. The van der Waals surface area contributed by atoms with E-state index in [4.69, 9.17) is 23.2 Å². The van der Waals surface area contributed by atoms with Gasteiger partial charge in [0.2, 0.25) is 5.91 Å². The molecule has 1 N–H and O–H groups in total. The van der Waals surface area contributed by atoms with Crippen LogP contribution in [0.1, 0.15) is 0 Å². The van der Waals surface area contributed by atoms with E-state index in [0.29, 0.717) is 0 Å². The Balaban J connectivity index is 1.95. The van der Waals surface area contributed by atoms with Crippen molar-refractivity contribution in [1.29, 1.82) is 0 Å². The molecule has 30 heavy (non-hydrogen) atoms. The van der Waals surface area contributed by atoms with Gasteiger partial charge >= 0.3 is 0 Å². The van der Waals surface area contributed by atoms with E-state index in [1.807, 2.05) is 0 Å². The fourth-order valence-corrected chi connectivity index (χ4v) is 4.35. The minimum absolute atomic E-state index is 0.0491. The van der Waals surface area contributed by atoms with E-state index in [9.17, 15) is 22.0 Å². The maximum absolute atomic E-state index is 13.3. The second kappa shape index (κ2) is 8.99. The molecule has 1 amide bonds. The SMILES string of the molecule is O=C(CN(c1ccc(F)cc1)S(=O)(=O)c1ccc(F)cc1)Nc1cccc(Cl)c1Cl. The van der Waals surface area contributed by atoms with E-state index in [1.54, 1.807) is 6.07 Å². The van der Waals surface area contributed by atoms with Gasteiger partial charge in [0.1, 0.15) is 18.2 Å². The molecule has 5 nitrogen and oxygen atoms in total. The van der Waals surface area contributed by atoms with Crippen molar-refractivity contribution in [2.24, 2.45) is 0 Å². The molecular weight excluding hydrogens is 457 g/mol. The van der Waals surface area contributed by atoms with Gasteiger partial charge in [-0.25, -0.2) is 17.2 Å². The quantitative estimate of drug-likeness (QED) is 0.544. The lowest BCUT2D eigenvalue weighted by atomic mass is 10.3. The van der Waals surface area contributed by atoms with Crippen molar-refractivity contribution in [2.45, 2.75) is 4.90 Å². The summed E-state index contributed by atoms with van der Waals surface area (Å²) in [5.74, 6) is -1.90. The summed E-state index contributed by atoms with van der Waals surface area (Å²) in [6.07, 6.45) is 0. The Kier molecular flexibility index (Phi) is 6.60. The second-order valence-corrected chi connectivity index (χ2v) is 8.74. The monoisotopic (exact) mass is 470 g/mol. The van der Waals surface area contributed by atoms with Gasteiger partial charge in [-0.05, 0) is 60.7 Å². The third-order valence-corrected chi connectivity index (χ3v) is 6.64. The number of anilines is 2. The van der Waals surface area contributed by atoms with Gasteiger partial charge in [-0.15, -0.1) is 0 Å². The highest BCUT2D eigenvalue weighted by Crippen LogP contribution is 2.30. The van der Waals surface area contributed by atoms with Crippen LogP contribution in [-0.4, -0.2) is 20.9 Å². The summed E-state index contributed by atoms with van der Waals surface area (Å²) in [4.78, 5) is 12.4. The zero-order valence-corrected chi connectivity index (χ0v) is 17.5. The van der Waals surface area contributed by atoms with Crippen molar-refractivity contribution in [3.63, 3.8) is 0 Å². The average molecular weight is 471 g/mol. The Morgan fingerprint density at radius 3 is 2.07 bits per heavy atom. The third kappa shape index (κ3) is 4.89. The maximum Gasteiger partial charge on any atom is 0.264 e. The number of nitrogens with zero attached hydrogens (tertiary/aromatic N) is 1. The van der Waals surface area contributed by atoms with Crippen LogP contribution in [0.5, 0.6) is 0 Å². The smallest absolute Gasteiger partial charge is 0.264 e. The third-order valence-electron chi connectivity index (χ3n) is 4.03. The van der Waals surface area contributed by atoms with Crippen LogP contribution >= 0.6 is 23.2 Å². The van der Waals surface area contributed by atoms with E-state index in [1.165, 1.54) is 24.3 Å². The predicted molar refractivity (Wildman–Crippen MR) is 112 cm³/mol. The molecule has 0 saturated carbocycles. The first-order chi connectivity index (χ1) is 14.2. The molecule has 0 spiro atoms. The molecule has 0 radical (unpaired) electrons. The largest absolute Gasteiger partial charge is 0.323 e. The highest BCUT2D eigenvalue weighted by molar-refractivity contribution is 7.92. The predicted octanol–water partition coefficient (Wildman–Crippen LogP) is 5.11. The van der Waals surface area contributed by atoms with Crippen molar-refractivity contribution in [3.05, 3.63) is 88.4 Å². The number of amides is 1. The van der Waals surface area contributed by atoms with Gasteiger partial charge in [0.25, 0.3) is 10.0 Å². The van der Waals surface area contributed by atoms with E-state index >= 15 is 0 Å². The lowest BCUT2D eigenvalue weighted by Gasteiger charge is -2.24. The van der Waals surface area contributed by atoms with Gasteiger partial charge < -0.3 is 5.32 Å². The van der Waals surface area contributed by atoms with Gasteiger partial charge in [-0.2, -0.15) is 0 Å². The van der Waals surface area contributed by atoms with Gasteiger partial charge in [0.05, 0.1) is 26.3 Å². The summed E-state index contributed by atoms with van der Waals surface area (Å²) >= 11 is 12.0. The van der Waals surface area contributed by atoms with Crippen LogP contribution in [0.3, 0.4) is 0 Å². The topological polar surface area (TPSA) is 66.5 Å². The number of nitrogens with one attached hydrogen (secondary N) is 1. The number of benzene rings is 3. The molecule has 0 aliphatic heterocycles. The molecule has 0 unspecified atom stereocenters. The second-order valence-electron chi connectivity index (χ2n) is 6.09. The molecule has 0 bridgehead atoms. The molecule has 3 rings (SSSR count). The first kappa shape index (κ1) is 22.0. The van der Waals surface area contributed by atoms with Crippen LogP contribution in [0.2, 0.25) is 10.0 Å². The molecule has 0 aliphatic carbocycles. The maximum atomic E-state index is 13.3. The minimum atomic E-state index is -4.27. The van der Waals surface area contributed by atoms with Crippen molar-refractivity contribution in [1.82, 2.24) is 0 Å². The van der Waals surface area contributed by atoms with Crippen molar-refractivity contribution in [3.8, 4) is 0 Å². The molecule has 0 atom stereocenters. The van der Waals surface area contributed by atoms with E-state index in [-0.39, 0.29) is 26.3 Å². The highest BCUT2D eigenvalue weighted by Gasteiger charge is 2.27. The average Bonchev–Trinajstić information content (AvgIpc) is 2.71. The molecule has 0 heterocycles. The van der Waals surface area contributed by atoms with E-state index < -0.39 is 34.1 Å². The molecule has 0 saturated heterocycles. The Morgan fingerprint density at radius 1 is 0.900 bits per heavy atom. The van der Waals surface area contributed by atoms with Crippen LogP contribution < -0.4 is 9.62 Å². The van der Waals surface area contributed by atoms with E-state index in [2.05, 4.69) is 5.32 Å². The number of halogens is 4. The number of sulfonamides is 1. The number of hydrogen-bond donors (Lipinski definition) is 1. The zero-order valence-electron chi connectivity index (χ0n) is 15.2. The van der Waals surface area contributed by atoms with Crippen molar-refractivity contribution >= 4 is 50.5 Å².